The molecule has 1 aromatic rings. The minimum Gasteiger partial charge on any atom is -0.488 e. The topological polar surface area (TPSA) is 83.8 Å². The molecule has 0 amide bonds. The maximum Gasteiger partial charge on any atom is 0.303 e. The van der Waals surface area contributed by atoms with E-state index >= 15 is 0 Å². The monoisotopic (exact) mass is 350 g/mol. The standard InChI is InChI=1S/C20H30O5/c1-20(2,3)25-17-13-12-15(8-4-6-10-18(21)22)16(14-17)9-5-7-11-19(23)24/h12-14H,4-11H2,1-3H3,(H,21,22)(H,23,24). The minimum atomic E-state index is -0.765. The van der Waals surface area contributed by atoms with Crippen LogP contribution in [0.15, 0.2) is 18.2 Å². The molecule has 5 heteroatoms. The van der Waals surface area contributed by atoms with E-state index in [1.807, 2.05) is 39.0 Å². The van der Waals surface area contributed by atoms with Gasteiger partial charge >= 0.3 is 11.9 Å². The molecule has 1 aromatic carbocycles. The Balaban J connectivity index is 2.74. The number of aliphatic carboxylic acids is 2. The summed E-state index contributed by atoms with van der Waals surface area (Å²) in [7, 11) is 0. The van der Waals surface area contributed by atoms with Crippen molar-refractivity contribution in [1.82, 2.24) is 0 Å². The zero-order valence-corrected chi connectivity index (χ0v) is 15.5. The van der Waals surface area contributed by atoms with Crippen LogP contribution in [0.25, 0.3) is 0 Å². The summed E-state index contributed by atoms with van der Waals surface area (Å²) in [6.45, 7) is 6.00. The Bertz CT molecular complexity index is 572. The molecule has 0 spiro atoms. The number of rotatable bonds is 11. The van der Waals surface area contributed by atoms with Crippen LogP contribution in [0.3, 0.4) is 0 Å². The van der Waals surface area contributed by atoms with Crippen molar-refractivity contribution in [3.05, 3.63) is 29.3 Å². The molecule has 0 aromatic heterocycles. The zero-order valence-electron chi connectivity index (χ0n) is 15.5. The maximum atomic E-state index is 10.6. The number of unbranched alkanes of at least 4 members (excludes halogenated alkanes) is 2. The molecule has 0 unspecified atom stereocenters. The van der Waals surface area contributed by atoms with E-state index in [9.17, 15) is 9.59 Å². The van der Waals surface area contributed by atoms with Crippen LogP contribution in [-0.2, 0) is 22.4 Å². The van der Waals surface area contributed by atoms with Gasteiger partial charge in [0, 0.05) is 12.8 Å². The second-order valence-corrected chi connectivity index (χ2v) is 7.35. The van der Waals surface area contributed by atoms with E-state index in [1.54, 1.807) is 0 Å². The lowest BCUT2D eigenvalue weighted by molar-refractivity contribution is -0.138. The first-order valence-corrected chi connectivity index (χ1v) is 8.92. The zero-order chi connectivity index (χ0) is 18.9. The van der Waals surface area contributed by atoms with Gasteiger partial charge < -0.3 is 14.9 Å². The number of aryl methyl sites for hydroxylation is 2. The fourth-order valence-electron chi connectivity index (χ4n) is 2.68. The summed E-state index contributed by atoms with van der Waals surface area (Å²) in [6.07, 6.45) is 4.97. The Morgan fingerprint density at radius 1 is 0.880 bits per heavy atom. The number of hydrogen-bond donors (Lipinski definition) is 2. The largest absolute Gasteiger partial charge is 0.488 e. The van der Waals surface area contributed by atoms with Gasteiger partial charge in [-0.3, -0.25) is 9.59 Å². The fourth-order valence-corrected chi connectivity index (χ4v) is 2.68. The molecule has 0 fully saturated rings. The third-order valence-corrected chi connectivity index (χ3v) is 3.78. The molecule has 0 radical (unpaired) electrons. The van der Waals surface area contributed by atoms with Gasteiger partial charge in [-0.15, -0.1) is 0 Å². The quantitative estimate of drug-likeness (QED) is 0.576. The van der Waals surface area contributed by atoms with Crippen molar-refractivity contribution >= 4 is 11.9 Å². The maximum absolute atomic E-state index is 10.6. The molecule has 5 nitrogen and oxygen atoms in total. The highest BCUT2D eigenvalue weighted by Gasteiger charge is 2.13. The Morgan fingerprint density at radius 3 is 1.88 bits per heavy atom. The summed E-state index contributed by atoms with van der Waals surface area (Å²) >= 11 is 0. The first kappa shape index (κ1) is 21.0. The van der Waals surface area contributed by atoms with Crippen LogP contribution in [0.1, 0.15) is 70.4 Å². The highest BCUT2D eigenvalue weighted by molar-refractivity contribution is 5.66. The molecular weight excluding hydrogens is 320 g/mol. The normalized spacial score (nSPS) is 11.3. The first-order valence-electron chi connectivity index (χ1n) is 8.92. The number of carbonyl (C=O) groups is 2. The number of carboxylic acid groups (broad SMARTS) is 2. The average molecular weight is 350 g/mol. The number of benzene rings is 1. The summed E-state index contributed by atoms with van der Waals surface area (Å²) < 4.78 is 5.93. The SMILES string of the molecule is CC(C)(C)Oc1ccc(CCCCC(=O)O)c(CCCCC(=O)O)c1. The van der Waals surface area contributed by atoms with Crippen LogP contribution in [0.5, 0.6) is 5.75 Å². The van der Waals surface area contributed by atoms with Crippen molar-refractivity contribution in [3.63, 3.8) is 0 Å². The van der Waals surface area contributed by atoms with Crippen LogP contribution in [0.2, 0.25) is 0 Å². The number of hydrogen-bond acceptors (Lipinski definition) is 3. The van der Waals surface area contributed by atoms with Crippen LogP contribution in [0, 0.1) is 0 Å². The fraction of sp³-hybridized carbons (Fsp3) is 0.600. The van der Waals surface area contributed by atoms with E-state index in [2.05, 4.69) is 0 Å². The third-order valence-electron chi connectivity index (χ3n) is 3.78. The molecule has 0 aliphatic carbocycles. The van der Waals surface area contributed by atoms with Gasteiger partial charge in [-0.1, -0.05) is 6.07 Å². The second kappa shape index (κ2) is 10.1. The third kappa shape index (κ3) is 9.75. The van der Waals surface area contributed by atoms with Gasteiger partial charge in [-0.25, -0.2) is 0 Å². The Labute approximate surface area is 150 Å². The van der Waals surface area contributed by atoms with Gasteiger partial charge in [0.2, 0.25) is 0 Å². The highest BCUT2D eigenvalue weighted by Crippen LogP contribution is 2.25. The lowest BCUT2D eigenvalue weighted by Crippen LogP contribution is -2.23. The first-order chi connectivity index (χ1) is 11.7. The van der Waals surface area contributed by atoms with Gasteiger partial charge in [0.05, 0.1) is 0 Å². The molecule has 2 N–H and O–H groups in total. The smallest absolute Gasteiger partial charge is 0.303 e. The van der Waals surface area contributed by atoms with Gasteiger partial charge in [-0.2, -0.15) is 0 Å². The average Bonchev–Trinajstić information content (AvgIpc) is 2.47. The van der Waals surface area contributed by atoms with E-state index in [0.717, 1.165) is 31.4 Å². The Kier molecular flexibility index (Phi) is 8.46. The predicted molar refractivity (Wildman–Crippen MR) is 97.2 cm³/mol. The molecule has 1 rings (SSSR count). The van der Waals surface area contributed by atoms with Crippen LogP contribution in [0.4, 0.5) is 0 Å². The van der Waals surface area contributed by atoms with E-state index < -0.39 is 11.9 Å². The van der Waals surface area contributed by atoms with Gasteiger partial charge in [0.25, 0.3) is 0 Å². The molecule has 0 saturated carbocycles. The molecule has 0 atom stereocenters. The molecule has 0 aliphatic rings. The highest BCUT2D eigenvalue weighted by atomic mass is 16.5. The molecule has 140 valence electrons. The predicted octanol–water partition coefficient (Wildman–Crippen LogP) is 4.46. The van der Waals surface area contributed by atoms with Crippen LogP contribution in [-0.4, -0.2) is 27.8 Å². The van der Waals surface area contributed by atoms with Gasteiger partial charge in [-0.05, 0) is 82.6 Å². The molecular formula is C20H30O5. The summed E-state index contributed by atoms with van der Waals surface area (Å²) in [5.41, 5.74) is 2.09. The molecule has 0 heterocycles. The van der Waals surface area contributed by atoms with Gasteiger partial charge in [0.15, 0.2) is 0 Å². The summed E-state index contributed by atoms with van der Waals surface area (Å²) in [6, 6.07) is 6.05. The van der Waals surface area contributed by atoms with Gasteiger partial charge in [0.1, 0.15) is 11.4 Å². The van der Waals surface area contributed by atoms with Crippen molar-refractivity contribution in [1.29, 1.82) is 0 Å². The van der Waals surface area contributed by atoms with Crippen molar-refractivity contribution in [2.24, 2.45) is 0 Å². The Morgan fingerprint density at radius 2 is 1.40 bits per heavy atom. The lowest BCUT2D eigenvalue weighted by Gasteiger charge is -2.22. The molecule has 25 heavy (non-hydrogen) atoms. The lowest BCUT2D eigenvalue weighted by atomic mass is 9.96. The summed E-state index contributed by atoms with van der Waals surface area (Å²) in [5, 5.41) is 17.5. The number of ether oxygens (including phenoxy) is 1. The van der Waals surface area contributed by atoms with Crippen molar-refractivity contribution < 1.29 is 24.5 Å². The summed E-state index contributed by atoms with van der Waals surface area (Å²) in [5.74, 6) is -0.712. The van der Waals surface area contributed by atoms with Crippen LogP contribution < -0.4 is 4.74 Å². The molecule has 0 saturated heterocycles. The summed E-state index contributed by atoms with van der Waals surface area (Å²) in [4.78, 5) is 21.3. The number of carboxylic acids is 2. The Hall–Kier alpha value is -2.04. The van der Waals surface area contributed by atoms with E-state index in [0.29, 0.717) is 12.8 Å². The van der Waals surface area contributed by atoms with Crippen LogP contribution >= 0.6 is 0 Å². The molecule has 0 bridgehead atoms. The minimum absolute atomic E-state index is 0.187. The van der Waals surface area contributed by atoms with Crippen molar-refractivity contribution in [3.8, 4) is 5.75 Å². The van der Waals surface area contributed by atoms with Crippen molar-refractivity contribution in [2.75, 3.05) is 0 Å². The van der Waals surface area contributed by atoms with E-state index in [1.165, 1.54) is 11.1 Å². The van der Waals surface area contributed by atoms with Crippen molar-refractivity contribution in [2.45, 2.75) is 77.7 Å². The van der Waals surface area contributed by atoms with E-state index in [4.69, 9.17) is 14.9 Å². The second-order valence-electron chi connectivity index (χ2n) is 7.35. The van der Waals surface area contributed by atoms with E-state index in [-0.39, 0.29) is 18.4 Å². The molecule has 0 aliphatic heterocycles.